The molecule has 0 spiro atoms. The fourth-order valence-corrected chi connectivity index (χ4v) is 8.57. The lowest BCUT2D eigenvalue weighted by Gasteiger charge is -2.37. The minimum atomic E-state index is -6.09. The highest BCUT2D eigenvalue weighted by atomic mass is 32.2. The average molecular weight is 400 g/mol. The molecule has 0 saturated carbocycles. The quantitative estimate of drug-likeness (QED) is 0.372. The predicted molar refractivity (Wildman–Crippen MR) is 92.1 cm³/mol. The Morgan fingerprint density at radius 3 is 1.55 bits per heavy atom. The fourth-order valence-electron chi connectivity index (χ4n) is 1.44. The number of hydrogen-bond acceptors (Lipinski definition) is 5. The van der Waals surface area contributed by atoms with Crippen LogP contribution in [0.4, 0.5) is 13.2 Å². The zero-order valence-corrected chi connectivity index (χ0v) is 16.9. The van der Waals surface area contributed by atoms with Crippen LogP contribution in [0.3, 0.4) is 0 Å². The van der Waals surface area contributed by atoms with Crippen molar-refractivity contribution in [2.75, 3.05) is 31.5 Å². The fraction of sp³-hybridized carbons (Fsp3) is 1.00. The number of alkyl halides is 3. The maximum absolute atomic E-state index is 10.7. The van der Waals surface area contributed by atoms with E-state index in [4.69, 9.17) is 13.0 Å². The molecule has 3 nitrogen and oxygen atoms in total. The smallest absolute Gasteiger partial charge is 0.485 e. The van der Waals surface area contributed by atoms with Crippen LogP contribution in [-0.4, -0.2) is 54.3 Å². The molecule has 134 valence electrons. The van der Waals surface area contributed by atoms with E-state index in [0.29, 0.717) is 5.41 Å². The maximum atomic E-state index is 10.7. The van der Waals surface area contributed by atoms with Gasteiger partial charge >= 0.3 is 5.51 Å². The molecule has 1 heterocycles. The molecule has 1 saturated heterocycles. The first kappa shape index (κ1) is 22.8. The Labute approximate surface area is 140 Å². The molecule has 0 N–H and O–H groups in total. The summed E-state index contributed by atoms with van der Waals surface area (Å²) in [4.78, 5) is 0. The zero-order valence-electron chi connectivity index (χ0n) is 13.6. The third kappa shape index (κ3) is 8.08. The molecule has 1 aliphatic heterocycles. The molecule has 0 aromatic rings. The van der Waals surface area contributed by atoms with Crippen LogP contribution < -0.4 is 0 Å². The SMILES string of the molecule is CC(C)(C)C1CSC([P+](C)(C)C)SC1.O=S(=O)([O-])C(F)(F)F. The van der Waals surface area contributed by atoms with Gasteiger partial charge in [-0.15, -0.1) is 23.5 Å². The molecule has 0 aromatic carbocycles. The van der Waals surface area contributed by atoms with Gasteiger partial charge in [0.25, 0.3) is 0 Å². The Hall–Kier alpha value is 0.830. The van der Waals surface area contributed by atoms with Crippen LogP contribution in [0.25, 0.3) is 0 Å². The summed E-state index contributed by atoms with van der Waals surface area (Å²) in [6.45, 7) is 14.5. The Balaban J connectivity index is 0.000000472. The van der Waals surface area contributed by atoms with Crippen molar-refractivity contribution in [2.24, 2.45) is 11.3 Å². The van der Waals surface area contributed by atoms with Gasteiger partial charge in [-0.05, 0) is 11.3 Å². The van der Waals surface area contributed by atoms with Gasteiger partial charge in [0.15, 0.2) is 14.4 Å². The molecule has 0 radical (unpaired) electrons. The van der Waals surface area contributed by atoms with Crippen LogP contribution in [0.5, 0.6) is 0 Å². The molecule has 0 aromatic heterocycles. The number of rotatable bonds is 1. The zero-order chi connectivity index (χ0) is 18.0. The van der Waals surface area contributed by atoms with E-state index < -0.39 is 22.9 Å². The van der Waals surface area contributed by atoms with Gasteiger partial charge in [0, 0.05) is 18.8 Å². The standard InChI is InChI=1S/C11H24PS2.CHF3O3S/c1-11(2,3)9-7-13-10(14-8-9)12(4,5)6;2-1(3,4)8(5,6)7/h9-10H,7-8H2,1-6H3;(H,5,6,7)/q+1;/p-1. The molecule has 1 rings (SSSR count). The summed E-state index contributed by atoms with van der Waals surface area (Å²) in [7, 11) is -6.73. The minimum absolute atomic E-state index is 0.501. The highest BCUT2D eigenvalue weighted by Crippen LogP contribution is 2.63. The first-order valence-corrected chi connectivity index (χ1v) is 13.2. The Morgan fingerprint density at radius 2 is 1.36 bits per heavy atom. The van der Waals surface area contributed by atoms with E-state index in [9.17, 15) is 13.2 Å². The summed E-state index contributed by atoms with van der Waals surface area (Å²) in [5.74, 6) is 3.65. The van der Waals surface area contributed by atoms with E-state index in [1.807, 2.05) is 0 Å². The van der Waals surface area contributed by atoms with E-state index in [0.717, 1.165) is 10.2 Å². The highest BCUT2D eigenvalue weighted by Gasteiger charge is 2.39. The third-order valence-electron chi connectivity index (χ3n) is 3.02. The number of hydrogen-bond donors (Lipinski definition) is 0. The van der Waals surface area contributed by atoms with E-state index in [2.05, 4.69) is 64.3 Å². The lowest BCUT2D eigenvalue weighted by molar-refractivity contribution is -0.0517. The van der Waals surface area contributed by atoms with Crippen molar-refractivity contribution in [3.05, 3.63) is 0 Å². The van der Waals surface area contributed by atoms with Crippen molar-refractivity contribution in [1.29, 1.82) is 0 Å². The number of thioether (sulfide) groups is 2. The highest BCUT2D eigenvalue weighted by molar-refractivity contribution is 8.26. The summed E-state index contributed by atoms with van der Waals surface area (Å²) in [5.41, 5.74) is -5.14. The second-order valence-corrected chi connectivity index (χ2v) is 16.4. The minimum Gasteiger partial charge on any atom is -0.741 e. The lowest BCUT2D eigenvalue weighted by Crippen LogP contribution is -2.29. The van der Waals surface area contributed by atoms with Gasteiger partial charge in [0.1, 0.15) is 0 Å². The van der Waals surface area contributed by atoms with Gasteiger partial charge in [-0.3, -0.25) is 0 Å². The second kappa shape index (κ2) is 7.81. The molecule has 1 fully saturated rings. The molecule has 0 unspecified atom stereocenters. The first-order chi connectivity index (χ1) is 9.46. The summed E-state index contributed by atoms with van der Waals surface area (Å²) in [6.07, 6.45) is 0. The van der Waals surface area contributed by atoms with Crippen LogP contribution >= 0.6 is 30.8 Å². The normalized spacial score (nSPS) is 24.5. The lowest BCUT2D eigenvalue weighted by atomic mass is 9.83. The summed E-state index contributed by atoms with van der Waals surface area (Å²) >= 11 is 4.43. The van der Waals surface area contributed by atoms with Gasteiger partial charge in [0.05, 0.1) is 20.0 Å². The summed E-state index contributed by atoms with van der Waals surface area (Å²) in [6, 6.07) is 0. The van der Waals surface area contributed by atoms with Crippen LogP contribution in [0.1, 0.15) is 20.8 Å². The van der Waals surface area contributed by atoms with Gasteiger partial charge in [0.2, 0.25) is 0 Å². The molecule has 1 aliphatic rings. The van der Waals surface area contributed by atoms with Crippen molar-refractivity contribution in [3.63, 3.8) is 0 Å². The van der Waals surface area contributed by atoms with Gasteiger partial charge < -0.3 is 4.55 Å². The Bertz CT molecular complexity index is 423. The van der Waals surface area contributed by atoms with E-state index in [-0.39, 0.29) is 0 Å². The largest absolute Gasteiger partial charge is 0.741 e. The van der Waals surface area contributed by atoms with Crippen LogP contribution in [-0.2, 0) is 10.1 Å². The average Bonchev–Trinajstić information content (AvgIpc) is 2.25. The second-order valence-electron chi connectivity index (χ2n) is 7.05. The Kier molecular flexibility index (Phi) is 8.10. The molecule has 10 heteroatoms. The van der Waals surface area contributed by atoms with Crippen LogP contribution in [0.15, 0.2) is 0 Å². The number of halogens is 3. The summed E-state index contributed by atoms with van der Waals surface area (Å²) in [5, 5.41) is 0. The van der Waals surface area contributed by atoms with E-state index >= 15 is 0 Å². The molecule has 22 heavy (non-hydrogen) atoms. The van der Waals surface area contributed by atoms with E-state index in [1.165, 1.54) is 11.5 Å². The van der Waals surface area contributed by atoms with Crippen molar-refractivity contribution in [2.45, 2.75) is 30.6 Å². The van der Waals surface area contributed by atoms with Crippen molar-refractivity contribution >= 4 is 40.9 Å². The molecular formula is C12H24F3O3PS3. The van der Waals surface area contributed by atoms with Gasteiger partial charge in [-0.2, -0.15) is 13.2 Å². The van der Waals surface area contributed by atoms with Crippen LogP contribution in [0, 0.1) is 11.3 Å². The van der Waals surface area contributed by atoms with Crippen molar-refractivity contribution in [3.8, 4) is 0 Å². The van der Waals surface area contributed by atoms with Crippen molar-refractivity contribution < 1.29 is 26.1 Å². The molecule has 0 amide bonds. The molecule has 0 bridgehead atoms. The van der Waals surface area contributed by atoms with Crippen molar-refractivity contribution in [1.82, 2.24) is 0 Å². The van der Waals surface area contributed by atoms with Crippen LogP contribution in [0.2, 0.25) is 0 Å². The Morgan fingerprint density at radius 1 is 1.05 bits per heavy atom. The van der Waals surface area contributed by atoms with Gasteiger partial charge in [-0.1, -0.05) is 20.8 Å². The summed E-state index contributed by atoms with van der Waals surface area (Å²) < 4.78 is 59.8. The van der Waals surface area contributed by atoms with Gasteiger partial charge in [-0.25, -0.2) is 8.42 Å². The predicted octanol–water partition coefficient (Wildman–Crippen LogP) is 4.37. The first-order valence-electron chi connectivity index (χ1n) is 6.52. The maximum Gasteiger partial charge on any atom is 0.485 e. The topological polar surface area (TPSA) is 57.2 Å². The molecule has 0 aliphatic carbocycles. The molecular weight excluding hydrogens is 376 g/mol. The van der Waals surface area contributed by atoms with E-state index in [1.54, 1.807) is 0 Å². The monoisotopic (exact) mass is 400 g/mol. The third-order valence-corrected chi connectivity index (χ3v) is 12.1. The molecule has 0 atom stereocenters.